The standard InChI is InChI=1S/C16H16N4O6S2/c1-27(23,24)19-8-11(9-19)17-15(21)10-4-5-14-12(7-10)18-16(22)13-3-2-6-20(13)28(14,25)26/h2-7,11H,8-9H2,1H3,(H,17,21)(H,18,22). The fourth-order valence-corrected chi connectivity index (χ4v) is 5.48. The summed E-state index contributed by atoms with van der Waals surface area (Å²) in [7, 11) is -7.27. The van der Waals surface area contributed by atoms with Gasteiger partial charge in [0.05, 0.1) is 18.0 Å². The van der Waals surface area contributed by atoms with Crippen LogP contribution in [-0.2, 0) is 20.0 Å². The molecule has 28 heavy (non-hydrogen) atoms. The van der Waals surface area contributed by atoms with Gasteiger partial charge in [0.1, 0.15) is 10.6 Å². The highest BCUT2D eigenvalue weighted by Crippen LogP contribution is 2.29. The number of benzene rings is 1. The molecule has 2 aliphatic heterocycles. The predicted octanol–water partition coefficient (Wildman–Crippen LogP) is -0.336. The Bertz CT molecular complexity index is 1210. The van der Waals surface area contributed by atoms with E-state index in [0.717, 1.165) is 10.2 Å². The first kappa shape index (κ1) is 18.7. The van der Waals surface area contributed by atoms with Crippen LogP contribution in [0.5, 0.6) is 0 Å². The first-order valence-electron chi connectivity index (χ1n) is 8.22. The van der Waals surface area contributed by atoms with Gasteiger partial charge in [-0.2, -0.15) is 4.31 Å². The Balaban J connectivity index is 1.59. The number of amides is 2. The molecule has 0 radical (unpaired) electrons. The molecule has 0 atom stereocenters. The SMILES string of the molecule is CS(=O)(=O)N1CC(NC(=O)c2ccc3c(c2)NC(=O)c2cccn2S3(=O)=O)C1. The van der Waals surface area contributed by atoms with Crippen LogP contribution in [0.1, 0.15) is 20.8 Å². The van der Waals surface area contributed by atoms with Gasteiger partial charge in [-0.3, -0.25) is 9.59 Å². The molecule has 1 saturated heterocycles. The fraction of sp³-hybridized carbons (Fsp3) is 0.250. The summed E-state index contributed by atoms with van der Waals surface area (Å²) in [6, 6.07) is 6.41. The van der Waals surface area contributed by atoms with E-state index in [1.807, 2.05) is 0 Å². The Kier molecular flexibility index (Phi) is 4.10. The van der Waals surface area contributed by atoms with Crippen LogP contribution in [0.3, 0.4) is 0 Å². The molecular weight excluding hydrogens is 408 g/mol. The smallest absolute Gasteiger partial charge is 0.273 e. The van der Waals surface area contributed by atoms with E-state index in [1.54, 1.807) is 0 Å². The van der Waals surface area contributed by atoms with E-state index >= 15 is 0 Å². The number of anilines is 1. The molecule has 4 rings (SSSR count). The minimum atomic E-state index is -3.98. The second kappa shape index (κ2) is 6.15. The molecule has 2 aromatic rings. The van der Waals surface area contributed by atoms with Crippen LogP contribution >= 0.6 is 0 Å². The Hall–Kier alpha value is -2.70. The normalized spacial score (nSPS) is 19.0. The summed E-state index contributed by atoms with van der Waals surface area (Å²) in [6.45, 7) is 0.353. The third kappa shape index (κ3) is 2.99. The average Bonchev–Trinajstić information content (AvgIpc) is 3.04. The zero-order valence-corrected chi connectivity index (χ0v) is 16.2. The molecule has 0 spiro atoms. The number of aromatic nitrogens is 1. The highest BCUT2D eigenvalue weighted by atomic mass is 32.2. The third-order valence-corrected chi connectivity index (χ3v) is 7.61. The summed E-state index contributed by atoms with van der Waals surface area (Å²) in [5.41, 5.74) is 0.129. The number of carbonyl (C=O) groups is 2. The molecule has 1 aromatic heterocycles. The molecule has 0 aliphatic carbocycles. The first-order valence-corrected chi connectivity index (χ1v) is 11.5. The van der Waals surface area contributed by atoms with Gasteiger partial charge >= 0.3 is 0 Å². The molecule has 12 heteroatoms. The van der Waals surface area contributed by atoms with E-state index < -0.39 is 31.9 Å². The van der Waals surface area contributed by atoms with Gasteiger partial charge in [0.2, 0.25) is 10.0 Å². The van der Waals surface area contributed by atoms with E-state index in [9.17, 15) is 26.4 Å². The van der Waals surface area contributed by atoms with E-state index in [4.69, 9.17) is 0 Å². The fourth-order valence-electron chi connectivity index (χ4n) is 3.11. The highest BCUT2D eigenvalue weighted by molar-refractivity contribution is 7.90. The van der Waals surface area contributed by atoms with Crippen LogP contribution in [-0.4, -0.2) is 62.3 Å². The lowest BCUT2D eigenvalue weighted by molar-refractivity contribution is 0.0895. The van der Waals surface area contributed by atoms with Crippen molar-refractivity contribution in [2.24, 2.45) is 0 Å². The van der Waals surface area contributed by atoms with Gasteiger partial charge in [-0.1, -0.05) is 0 Å². The number of hydrogen-bond donors (Lipinski definition) is 2. The van der Waals surface area contributed by atoms with Crippen LogP contribution in [0.2, 0.25) is 0 Å². The summed E-state index contributed by atoms with van der Waals surface area (Å²) < 4.78 is 50.4. The molecule has 148 valence electrons. The van der Waals surface area contributed by atoms with Crippen molar-refractivity contribution in [1.82, 2.24) is 13.6 Å². The lowest BCUT2D eigenvalue weighted by Gasteiger charge is -2.37. The molecule has 2 N–H and O–H groups in total. The number of carbonyl (C=O) groups excluding carboxylic acids is 2. The topological polar surface area (TPSA) is 135 Å². The molecule has 10 nitrogen and oxygen atoms in total. The van der Waals surface area contributed by atoms with Crippen LogP contribution < -0.4 is 10.6 Å². The molecule has 2 amide bonds. The largest absolute Gasteiger partial charge is 0.347 e. The molecule has 0 unspecified atom stereocenters. The molecule has 3 heterocycles. The van der Waals surface area contributed by atoms with Gasteiger partial charge in [-0.25, -0.2) is 20.8 Å². The monoisotopic (exact) mass is 424 g/mol. The van der Waals surface area contributed by atoms with Gasteiger partial charge in [0, 0.05) is 24.8 Å². The summed E-state index contributed by atoms with van der Waals surface area (Å²) in [4.78, 5) is 24.6. The van der Waals surface area contributed by atoms with Crippen LogP contribution in [0.25, 0.3) is 0 Å². The van der Waals surface area contributed by atoms with Crippen molar-refractivity contribution in [2.45, 2.75) is 10.9 Å². The average molecular weight is 424 g/mol. The van der Waals surface area contributed by atoms with Crippen molar-refractivity contribution in [3.05, 3.63) is 47.8 Å². The third-order valence-electron chi connectivity index (χ3n) is 4.62. The molecule has 0 bridgehead atoms. The quantitative estimate of drug-likeness (QED) is 0.692. The van der Waals surface area contributed by atoms with Gasteiger partial charge < -0.3 is 10.6 Å². The number of rotatable bonds is 3. The van der Waals surface area contributed by atoms with Gasteiger partial charge in [0.25, 0.3) is 21.8 Å². The van der Waals surface area contributed by atoms with E-state index in [1.165, 1.54) is 40.8 Å². The van der Waals surface area contributed by atoms with Crippen molar-refractivity contribution in [1.29, 1.82) is 0 Å². The highest BCUT2D eigenvalue weighted by Gasteiger charge is 2.35. The minimum Gasteiger partial charge on any atom is -0.347 e. The van der Waals surface area contributed by atoms with E-state index in [0.29, 0.717) is 0 Å². The van der Waals surface area contributed by atoms with Crippen LogP contribution in [0.4, 0.5) is 5.69 Å². The maximum atomic E-state index is 12.8. The van der Waals surface area contributed by atoms with Crippen LogP contribution in [0.15, 0.2) is 41.4 Å². The van der Waals surface area contributed by atoms with Gasteiger partial charge in [-0.15, -0.1) is 0 Å². The molecule has 1 fully saturated rings. The number of sulfonamides is 1. The van der Waals surface area contributed by atoms with Crippen molar-refractivity contribution >= 4 is 37.5 Å². The Labute approximate surface area is 161 Å². The van der Waals surface area contributed by atoms with E-state index in [2.05, 4.69) is 10.6 Å². The van der Waals surface area contributed by atoms with Crippen molar-refractivity contribution in [3.8, 4) is 0 Å². The maximum absolute atomic E-state index is 12.8. The molecule has 1 aromatic carbocycles. The Morgan fingerprint density at radius 2 is 1.96 bits per heavy atom. The Morgan fingerprint density at radius 3 is 2.64 bits per heavy atom. The van der Waals surface area contributed by atoms with E-state index in [-0.39, 0.29) is 41.0 Å². The molecular formula is C16H16N4O6S2. The molecule has 0 saturated carbocycles. The second-order valence-corrected chi connectivity index (χ2v) is 10.4. The first-order chi connectivity index (χ1) is 13.1. The summed E-state index contributed by atoms with van der Waals surface area (Å²) in [5.74, 6) is -1.09. The lowest BCUT2D eigenvalue weighted by atomic mass is 10.1. The number of hydrogen-bond acceptors (Lipinski definition) is 6. The van der Waals surface area contributed by atoms with Crippen molar-refractivity contribution in [3.63, 3.8) is 0 Å². The predicted molar refractivity (Wildman–Crippen MR) is 99.1 cm³/mol. The zero-order chi connectivity index (χ0) is 20.3. The number of nitrogens with one attached hydrogen (secondary N) is 2. The van der Waals surface area contributed by atoms with Gasteiger partial charge in [0.15, 0.2) is 0 Å². The van der Waals surface area contributed by atoms with Crippen LogP contribution in [0, 0.1) is 0 Å². The van der Waals surface area contributed by atoms with Gasteiger partial charge in [-0.05, 0) is 30.3 Å². The van der Waals surface area contributed by atoms with Crippen molar-refractivity contribution < 1.29 is 26.4 Å². The number of nitrogens with zero attached hydrogens (tertiary/aromatic N) is 2. The molecule has 2 aliphatic rings. The summed E-state index contributed by atoms with van der Waals surface area (Å²) in [5, 5.41) is 5.21. The van der Waals surface area contributed by atoms with Crippen molar-refractivity contribution in [2.75, 3.05) is 24.7 Å². The number of fused-ring (bicyclic) bond motifs is 2. The Morgan fingerprint density at radius 1 is 1.25 bits per heavy atom. The summed E-state index contributed by atoms with van der Waals surface area (Å²) in [6.07, 6.45) is 2.38. The summed E-state index contributed by atoms with van der Waals surface area (Å²) >= 11 is 0. The minimum absolute atomic E-state index is 0.00715. The lowest BCUT2D eigenvalue weighted by Crippen LogP contribution is -2.60. The maximum Gasteiger partial charge on any atom is 0.273 e. The second-order valence-electron chi connectivity index (χ2n) is 6.61. The zero-order valence-electron chi connectivity index (χ0n) is 14.6.